The fourth-order valence-corrected chi connectivity index (χ4v) is 2.96. The summed E-state index contributed by atoms with van der Waals surface area (Å²) in [6.45, 7) is 12.6. The van der Waals surface area contributed by atoms with Crippen molar-refractivity contribution >= 4 is 5.69 Å². The van der Waals surface area contributed by atoms with Gasteiger partial charge in [0.05, 0.1) is 0 Å². The molecule has 0 spiro atoms. The molecule has 1 aliphatic heterocycles. The largest absolute Gasteiger partial charge is 0.371 e. The maximum atomic E-state index is 3.69. The van der Waals surface area contributed by atoms with Crippen LogP contribution in [-0.2, 0) is 0 Å². The number of benzene rings is 1. The van der Waals surface area contributed by atoms with E-state index in [9.17, 15) is 0 Å². The van der Waals surface area contributed by atoms with E-state index >= 15 is 0 Å². The first kappa shape index (κ1) is 14.4. The first-order chi connectivity index (χ1) is 9.11. The minimum Gasteiger partial charge on any atom is -0.371 e. The molecule has 19 heavy (non-hydrogen) atoms. The van der Waals surface area contributed by atoms with Gasteiger partial charge in [-0.25, -0.2) is 0 Å². The Hall–Kier alpha value is -1.02. The van der Waals surface area contributed by atoms with Crippen LogP contribution in [0.1, 0.15) is 37.8 Å². The predicted octanol–water partition coefficient (Wildman–Crippen LogP) is 3.52. The van der Waals surface area contributed by atoms with Crippen molar-refractivity contribution in [3.8, 4) is 0 Å². The van der Waals surface area contributed by atoms with Crippen molar-refractivity contribution in [3.63, 3.8) is 0 Å². The SMILES string of the molecule is CCC1CCN(c2cccc(C)c2C)CC(C)CN1. The van der Waals surface area contributed by atoms with Gasteiger partial charge in [-0.2, -0.15) is 0 Å². The molecule has 2 atom stereocenters. The predicted molar refractivity (Wildman–Crippen MR) is 84.0 cm³/mol. The Labute approximate surface area is 118 Å². The van der Waals surface area contributed by atoms with E-state index in [1.807, 2.05) is 0 Å². The van der Waals surface area contributed by atoms with Gasteiger partial charge in [0.15, 0.2) is 0 Å². The van der Waals surface area contributed by atoms with E-state index in [1.165, 1.54) is 36.2 Å². The van der Waals surface area contributed by atoms with Gasteiger partial charge in [-0.15, -0.1) is 0 Å². The topological polar surface area (TPSA) is 15.3 Å². The molecule has 1 saturated heterocycles. The molecule has 106 valence electrons. The molecule has 2 nitrogen and oxygen atoms in total. The standard InChI is InChI=1S/C17H28N2/c1-5-16-9-10-19(12-13(2)11-18-16)17-8-6-7-14(3)15(17)4/h6-8,13,16,18H,5,9-12H2,1-4H3. The van der Waals surface area contributed by atoms with E-state index in [2.05, 4.69) is 56.1 Å². The molecule has 0 amide bonds. The second kappa shape index (κ2) is 6.42. The average Bonchev–Trinajstić information content (AvgIpc) is 2.38. The van der Waals surface area contributed by atoms with Crippen LogP contribution in [0.2, 0.25) is 0 Å². The minimum atomic E-state index is 0.676. The summed E-state index contributed by atoms with van der Waals surface area (Å²) in [5, 5.41) is 3.69. The summed E-state index contributed by atoms with van der Waals surface area (Å²) in [5.74, 6) is 0.703. The van der Waals surface area contributed by atoms with Crippen molar-refractivity contribution in [1.29, 1.82) is 0 Å². The summed E-state index contributed by atoms with van der Waals surface area (Å²) >= 11 is 0. The molecule has 1 aromatic rings. The van der Waals surface area contributed by atoms with E-state index in [0.29, 0.717) is 12.0 Å². The quantitative estimate of drug-likeness (QED) is 0.875. The number of rotatable bonds is 2. The zero-order valence-corrected chi connectivity index (χ0v) is 12.9. The lowest BCUT2D eigenvalue weighted by molar-refractivity contribution is 0.387. The lowest BCUT2D eigenvalue weighted by atomic mass is 10.0. The third-order valence-corrected chi connectivity index (χ3v) is 4.44. The van der Waals surface area contributed by atoms with Crippen LogP contribution in [0.5, 0.6) is 0 Å². The molecule has 1 N–H and O–H groups in total. The van der Waals surface area contributed by atoms with Gasteiger partial charge in [0.25, 0.3) is 0 Å². The van der Waals surface area contributed by atoms with Crippen LogP contribution in [0.15, 0.2) is 18.2 Å². The Morgan fingerprint density at radius 2 is 2.11 bits per heavy atom. The number of nitrogens with zero attached hydrogens (tertiary/aromatic N) is 1. The van der Waals surface area contributed by atoms with E-state index in [4.69, 9.17) is 0 Å². The number of aryl methyl sites for hydroxylation is 1. The maximum Gasteiger partial charge on any atom is 0.0398 e. The van der Waals surface area contributed by atoms with Gasteiger partial charge in [0, 0.05) is 24.8 Å². The first-order valence-corrected chi connectivity index (χ1v) is 7.66. The summed E-state index contributed by atoms with van der Waals surface area (Å²) in [4.78, 5) is 2.59. The van der Waals surface area contributed by atoms with Crippen molar-refractivity contribution in [2.24, 2.45) is 5.92 Å². The second-order valence-electron chi connectivity index (χ2n) is 6.07. The van der Waals surface area contributed by atoms with Crippen LogP contribution in [0.3, 0.4) is 0 Å². The van der Waals surface area contributed by atoms with Crippen molar-refractivity contribution in [2.45, 2.75) is 46.6 Å². The fourth-order valence-electron chi connectivity index (χ4n) is 2.96. The molecule has 1 aromatic carbocycles. The van der Waals surface area contributed by atoms with E-state index < -0.39 is 0 Å². The van der Waals surface area contributed by atoms with Crippen molar-refractivity contribution in [3.05, 3.63) is 29.3 Å². The van der Waals surface area contributed by atoms with Crippen LogP contribution in [-0.4, -0.2) is 25.7 Å². The molecule has 0 bridgehead atoms. The molecule has 1 aliphatic rings. The monoisotopic (exact) mass is 260 g/mol. The van der Waals surface area contributed by atoms with Crippen molar-refractivity contribution in [1.82, 2.24) is 5.32 Å². The third-order valence-electron chi connectivity index (χ3n) is 4.44. The highest BCUT2D eigenvalue weighted by atomic mass is 15.1. The molecule has 2 rings (SSSR count). The van der Waals surface area contributed by atoms with E-state index in [1.54, 1.807) is 0 Å². The third kappa shape index (κ3) is 3.50. The van der Waals surface area contributed by atoms with Gasteiger partial charge in [0.1, 0.15) is 0 Å². The van der Waals surface area contributed by atoms with E-state index in [0.717, 1.165) is 13.1 Å². The number of nitrogens with one attached hydrogen (secondary N) is 1. The summed E-state index contributed by atoms with van der Waals surface area (Å²) < 4.78 is 0. The van der Waals surface area contributed by atoms with Gasteiger partial charge < -0.3 is 10.2 Å². The van der Waals surface area contributed by atoms with Gasteiger partial charge in [-0.05, 0) is 56.3 Å². The zero-order chi connectivity index (χ0) is 13.8. The first-order valence-electron chi connectivity index (χ1n) is 7.66. The van der Waals surface area contributed by atoms with Crippen LogP contribution < -0.4 is 10.2 Å². The lowest BCUT2D eigenvalue weighted by Gasteiger charge is -2.34. The summed E-state index contributed by atoms with van der Waals surface area (Å²) in [6.07, 6.45) is 2.48. The van der Waals surface area contributed by atoms with Gasteiger partial charge in [0.2, 0.25) is 0 Å². The summed E-state index contributed by atoms with van der Waals surface area (Å²) in [7, 11) is 0. The molecular formula is C17H28N2. The molecule has 2 heteroatoms. The van der Waals surface area contributed by atoms with Crippen LogP contribution >= 0.6 is 0 Å². The summed E-state index contributed by atoms with van der Waals surface area (Å²) in [6, 6.07) is 7.36. The Bertz CT molecular complexity index is 414. The number of anilines is 1. The Morgan fingerprint density at radius 3 is 2.84 bits per heavy atom. The molecule has 2 unspecified atom stereocenters. The molecule has 0 aliphatic carbocycles. The molecule has 1 heterocycles. The normalized spacial score (nSPS) is 24.9. The zero-order valence-electron chi connectivity index (χ0n) is 12.9. The highest BCUT2D eigenvalue weighted by Crippen LogP contribution is 2.25. The average molecular weight is 260 g/mol. The van der Waals surface area contributed by atoms with Gasteiger partial charge in [-0.1, -0.05) is 26.0 Å². The molecule has 1 fully saturated rings. The highest BCUT2D eigenvalue weighted by molar-refractivity contribution is 5.56. The molecule has 0 saturated carbocycles. The number of hydrogen-bond acceptors (Lipinski definition) is 2. The molecule has 0 aromatic heterocycles. The Balaban J connectivity index is 2.19. The highest BCUT2D eigenvalue weighted by Gasteiger charge is 2.19. The van der Waals surface area contributed by atoms with Crippen molar-refractivity contribution < 1.29 is 0 Å². The van der Waals surface area contributed by atoms with Crippen LogP contribution in [0.4, 0.5) is 5.69 Å². The maximum absolute atomic E-state index is 3.69. The second-order valence-corrected chi connectivity index (χ2v) is 6.07. The lowest BCUT2D eigenvalue weighted by Crippen LogP contribution is -2.43. The molecular weight excluding hydrogens is 232 g/mol. The van der Waals surface area contributed by atoms with Crippen molar-refractivity contribution in [2.75, 3.05) is 24.5 Å². The minimum absolute atomic E-state index is 0.676. The Morgan fingerprint density at radius 1 is 1.32 bits per heavy atom. The van der Waals surface area contributed by atoms with E-state index in [-0.39, 0.29) is 0 Å². The Kier molecular flexibility index (Phi) is 4.87. The van der Waals surface area contributed by atoms with Crippen LogP contribution in [0.25, 0.3) is 0 Å². The van der Waals surface area contributed by atoms with Gasteiger partial charge >= 0.3 is 0 Å². The van der Waals surface area contributed by atoms with Crippen LogP contribution in [0, 0.1) is 19.8 Å². The molecule has 0 radical (unpaired) electrons. The smallest absolute Gasteiger partial charge is 0.0398 e. The number of hydrogen-bond donors (Lipinski definition) is 1. The summed E-state index contributed by atoms with van der Waals surface area (Å²) in [5.41, 5.74) is 4.28. The van der Waals surface area contributed by atoms with Gasteiger partial charge in [-0.3, -0.25) is 0 Å². The fraction of sp³-hybridized carbons (Fsp3) is 0.647.